The fourth-order valence-corrected chi connectivity index (χ4v) is 13.7. The van der Waals surface area contributed by atoms with Crippen LogP contribution in [0.15, 0.2) is 140 Å². The Morgan fingerprint density at radius 2 is 0.839 bits per heavy atom. The predicted molar refractivity (Wildman–Crippen MR) is 269 cm³/mol. The van der Waals surface area contributed by atoms with Crippen LogP contribution in [-0.4, -0.2) is 0 Å². The smallest absolute Gasteiger partial charge is 0.0165 e. The summed E-state index contributed by atoms with van der Waals surface area (Å²) in [4.78, 5) is 0. The van der Waals surface area contributed by atoms with Gasteiger partial charge in [-0.25, -0.2) is 0 Å². The summed E-state index contributed by atoms with van der Waals surface area (Å²) >= 11 is 0. The van der Waals surface area contributed by atoms with Gasteiger partial charge < -0.3 is 0 Å². The molecule has 0 heteroatoms. The molecular formula is C62H44. The highest BCUT2D eigenvalue weighted by Crippen LogP contribution is 2.65. The molecule has 0 radical (unpaired) electrons. The number of hydrogen-bond donors (Lipinski definition) is 0. The molecule has 292 valence electrons. The summed E-state index contributed by atoms with van der Waals surface area (Å²) in [5, 5.41) is 27.9. The average molecular weight is 789 g/mol. The highest BCUT2D eigenvalue weighted by Gasteiger charge is 2.45. The lowest BCUT2D eigenvalue weighted by atomic mass is 9.60. The standard InChI is InChI=1S/C62H44/c1-60(2,3)35-27-33-24-23-31-25-26-41-49-43(30-34(28-35)46(33)47(31)49)53-51-39-18-11-13-22-45(39)61(4,5)58-54-40-20-14-19-37-36-16-9-8-15-32(36)29-42(48(37)40)55(54)59-56(57(51)58)50(52(41)53)38-17-10-12-21-44(38)62(59,6)7/h8-30H,1-7H3. The molecule has 0 aromatic heterocycles. The zero-order valence-corrected chi connectivity index (χ0v) is 36.3. The second-order valence-corrected chi connectivity index (χ2v) is 21.1. The Kier molecular flexibility index (Phi) is 5.72. The molecule has 13 aromatic carbocycles. The Bertz CT molecular complexity index is 4220. The molecule has 2 aliphatic rings. The summed E-state index contributed by atoms with van der Waals surface area (Å²) in [6.07, 6.45) is 0. The second-order valence-electron chi connectivity index (χ2n) is 21.1. The van der Waals surface area contributed by atoms with Crippen molar-refractivity contribution in [3.05, 3.63) is 167 Å². The van der Waals surface area contributed by atoms with Crippen molar-refractivity contribution in [3.63, 3.8) is 0 Å². The number of rotatable bonds is 0. The molecule has 0 saturated carbocycles. The molecule has 0 amide bonds. The Labute approximate surface area is 360 Å². The van der Waals surface area contributed by atoms with E-state index >= 15 is 0 Å². The first-order valence-corrected chi connectivity index (χ1v) is 22.6. The fourth-order valence-electron chi connectivity index (χ4n) is 13.7. The Morgan fingerprint density at radius 3 is 1.55 bits per heavy atom. The van der Waals surface area contributed by atoms with Crippen LogP contribution in [0.1, 0.15) is 76.3 Å². The van der Waals surface area contributed by atoms with Gasteiger partial charge in [-0.3, -0.25) is 0 Å². The first-order chi connectivity index (χ1) is 29.9. The molecule has 0 bridgehead atoms. The fraction of sp³-hybridized carbons (Fsp3) is 0.161. The van der Waals surface area contributed by atoms with Crippen molar-refractivity contribution >= 4 is 108 Å². The molecule has 13 aromatic rings. The van der Waals surface area contributed by atoms with E-state index in [1.807, 2.05) is 0 Å². The maximum atomic E-state index is 2.60. The molecule has 0 nitrogen and oxygen atoms in total. The first kappa shape index (κ1) is 33.9. The van der Waals surface area contributed by atoms with E-state index in [-0.39, 0.29) is 16.2 Å². The molecule has 0 heterocycles. The summed E-state index contributed by atoms with van der Waals surface area (Å²) in [7, 11) is 0. The minimum absolute atomic E-state index is 0.0270. The molecular weight excluding hydrogens is 745 g/mol. The van der Waals surface area contributed by atoms with Crippen molar-refractivity contribution < 1.29 is 0 Å². The number of fused-ring (bicyclic) bond motifs is 16. The third-order valence-electron chi connectivity index (χ3n) is 16.3. The molecule has 0 unspecified atom stereocenters. The van der Waals surface area contributed by atoms with Gasteiger partial charge in [0.2, 0.25) is 0 Å². The van der Waals surface area contributed by atoms with Crippen molar-refractivity contribution in [2.45, 2.75) is 64.7 Å². The normalized spacial score (nSPS) is 15.6. The topological polar surface area (TPSA) is 0 Å². The molecule has 15 rings (SSSR count). The van der Waals surface area contributed by atoms with Gasteiger partial charge in [-0.2, -0.15) is 0 Å². The van der Waals surface area contributed by atoms with Gasteiger partial charge >= 0.3 is 0 Å². The monoisotopic (exact) mass is 788 g/mol. The van der Waals surface area contributed by atoms with Crippen LogP contribution in [0.4, 0.5) is 0 Å². The molecule has 0 fully saturated rings. The second kappa shape index (κ2) is 10.5. The van der Waals surface area contributed by atoms with Crippen molar-refractivity contribution in [3.8, 4) is 22.3 Å². The Hall–Kier alpha value is -6.76. The predicted octanol–water partition coefficient (Wildman–Crippen LogP) is 17.4. The average Bonchev–Trinajstić information content (AvgIpc) is 3.77. The highest BCUT2D eigenvalue weighted by atomic mass is 14.5. The molecule has 0 aliphatic heterocycles. The van der Waals surface area contributed by atoms with E-state index in [2.05, 4.69) is 188 Å². The summed E-state index contributed by atoms with van der Waals surface area (Å²) in [5.41, 5.74) is 12.3. The van der Waals surface area contributed by atoms with Crippen molar-refractivity contribution in [1.82, 2.24) is 0 Å². The lowest BCUT2D eigenvalue weighted by Crippen LogP contribution is -2.28. The van der Waals surface area contributed by atoms with Gasteiger partial charge in [-0.1, -0.05) is 176 Å². The van der Waals surface area contributed by atoms with Crippen molar-refractivity contribution in [2.24, 2.45) is 0 Å². The van der Waals surface area contributed by atoms with Gasteiger partial charge in [0, 0.05) is 10.8 Å². The van der Waals surface area contributed by atoms with Gasteiger partial charge in [0.1, 0.15) is 0 Å². The highest BCUT2D eigenvalue weighted by molar-refractivity contribution is 6.48. The first-order valence-electron chi connectivity index (χ1n) is 22.6. The molecule has 0 N–H and O–H groups in total. The summed E-state index contributed by atoms with van der Waals surface area (Å²) < 4.78 is 0. The van der Waals surface area contributed by atoms with Crippen LogP contribution in [0.5, 0.6) is 0 Å². The largest absolute Gasteiger partial charge is 0.0619 e. The van der Waals surface area contributed by atoms with E-state index in [0.717, 1.165) is 0 Å². The van der Waals surface area contributed by atoms with Crippen molar-refractivity contribution in [2.75, 3.05) is 0 Å². The zero-order valence-electron chi connectivity index (χ0n) is 36.3. The molecule has 2 aliphatic carbocycles. The quantitative estimate of drug-likeness (QED) is 0.134. The van der Waals surface area contributed by atoms with Gasteiger partial charge in [-0.05, 0) is 175 Å². The van der Waals surface area contributed by atoms with Gasteiger partial charge in [-0.15, -0.1) is 0 Å². The van der Waals surface area contributed by atoms with Gasteiger partial charge in [0.25, 0.3) is 0 Å². The molecule has 0 saturated heterocycles. The van der Waals surface area contributed by atoms with Gasteiger partial charge in [0.05, 0.1) is 0 Å². The van der Waals surface area contributed by atoms with Crippen LogP contribution in [0.3, 0.4) is 0 Å². The number of benzene rings is 11. The van der Waals surface area contributed by atoms with Crippen LogP contribution in [-0.2, 0) is 16.2 Å². The van der Waals surface area contributed by atoms with Crippen LogP contribution in [0.2, 0.25) is 0 Å². The van der Waals surface area contributed by atoms with E-state index < -0.39 is 0 Å². The van der Waals surface area contributed by atoms with Crippen LogP contribution in [0, 0.1) is 0 Å². The summed E-state index contributed by atoms with van der Waals surface area (Å²) in [6.45, 7) is 17.1. The maximum absolute atomic E-state index is 2.60. The minimum Gasteiger partial charge on any atom is -0.0619 e. The number of hydrogen-bond acceptors (Lipinski definition) is 0. The minimum atomic E-state index is -0.276. The van der Waals surface area contributed by atoms with Crippen LogP contribution < -0.4 is 0 Å². The van der Waals surface area contributed by atoms with E-state index in [9.17, 15) is 0 Å². The van der Waals surface area contributed by atoms with Crippen LogP contribution >= 0.6 is 0 Å². The molecule has 0 atom stereocenters. The van der Waals surface area contributed by atoms with E-state index in [1.54, 1.807) is 0 Å². The third kappa shape index (κ3) is 3.62. The maximum Gasteiger partial charge on any atom is 0.0165 e. The van der Waals surface area contributed by atoms with E-state index in [4.69, 9.17) is 0 Å². The van der Waals surface area contributed by atoms with Gasteiger partial charge in [0.15, 0.2) is 0 Å². The molecule has 62 heavy (non-hydrogen) atoms. The lowest BCUT2D eigenvalue weighted by Gasteiger charge is -2.42. The van der Waals surface area contributed by atoms with E-state index in [0.29, 0.717) is 0 Å². The third-order valence-corrected chi connectivity index (χ3v) is 16.3. The van der Waals surface area contributed by atoms with Crippen molar-refractivity contribution in [1.29, 1.82) is 0 Å². The summed E-state index contributed by atoms with van der Waals surface area (Å²) in [5.74, 6) is 0. The Morgan fingerprint density at radius 1 is 0.323 bits per heavy atom. The Balaban J connectivity index is 1.33. The van der Waals surface area contributed by atoms with E-state index in [1.165, 1.54) is 158 Å². The lowest BCUT2D eigenvalue weighted by molar-refractivity contribution is 0.591. The zero-order chi connectivity index (χ0) is 41.5. The SMILES string of the molecule is CC(C)(C)c1cc2ccc3ccc4c5c6c7c(c8c9cc%10ccccc%10c%10cccc(c8c8c7c(c5c5cc(c1)c2c3c45)-c1ccccc1C8(C)C)c%109)C(C)(C)c1ccccc1-6. The summed E-state index contributed by atoms with van der Waals surface area (Å²) in [6, 6.07) is 54.8. The van der Waals surface area contributed by atoms with Crippen LogP contribution in [0.25, 0.3) is 130 Å². The molecule has 0 spiro atoms.